The van der Waals surface area contributed by atoms with Crippen LogP contribution in [0.15, 0.2) is 12.3 Å². The SMILES string of the molecule is COc1c(N)c2ccn(O)c(C)c-2c(=N)c1OC. The molecule has 96 valence electrons. The molecule has 0 saturated carbocycles. The van der Waals surface area contributed by atoms with Gasteiger partial charge in [0, 0.05) is 17.3 Å². The van der Waals surface area contributed by atoms with Crippen LogP contribution in [-0.2, 0) is 0 Å². The summed E-state index contributed by atoms with van der Waals surface area (Å²) in [7, 11) is 2.92. The van der Waals surface area contributed by atoms with Crippen LogP contribution in [0.25, 0.3) is 11.1 Å². The van der Waals surface area contributed by atoms with Gasteiger partial charge < -0.3 is 20.4 Å². The Morgan fingerprint density at radius 2 is 1.89 bits per heavy atom. The molecule has 2 aliphatic rings. The van der Waals surface area contributed by atoms with Crippen molar-refractivity contribution < 1.29 is 14.7 Å². The van der Waals surface area contributed by atoms with Crippen molar-refractivity contribution in [2.75, 3.05) is 20.0 Å². The molecular formula is C12H15N3O3. The number of pyridine rings is 1. The Morgan fingerprint density at radius 1 is 1.28 bits per heavy atom. The third kappa shape index (κ3) is 1.46. The number of hydrogen-bond acceptors (Lipinski definition) is 5. The van der Waals surface area contributed by atoms with Crippen molar-refractivity contribution in [3.8, 4) is 22.6 Å². The van der Waals surface area contributed by atoms with Gasteiger partial charge >= 0.3 is 0 Å². The van der Waals surface area contributed by atoms with Gasteiger partial charge in [-0.1, -0.05) is 0 Å². The summed E-state index contributed by atoms with van der Waals surface area (Å²) in [6.07, 6.45) is 1.47. The van der Waals surface area contributed by atoms with Crippen LogP contribution in [0.3, 0.4) is 0 Å². The standard InChI is InChI=1S/C12H15N3O3/c1-6-8-7(4-5-15(6)16)9(13)11(17-2)12(18-3)10(8)14/h4-5,14,16H,13H2,1-3H3. The molecule has 0 spiro atoms. The lowest BCUT2D eigenvalue weighted by molar-refractivity contribution is 0.178. The molecule has 0 aromatic heterocycles. The molecule has 0 radical (unpaired) electrons. The number of benzene rings is 1. The second kappa shape index (κ2) is 4.14. The number of methoxy groups -OCH3 is 2. The lowest BCUT2D eigenvalue weighted by Crippen LogP contribution is -2.17. The first-order valence-electron chi connectivity index (χ1n) is 5.32. The van der Waals surface area contributed by atoms with Crippen molar-refractivity contribution in [2.45, 2.75) is 6.92 Å². The second-order valence-corrected chi connectivity index (χ2v) is 3.89. The van der Waals surface area contributed by atoms with E-state index in [9.17, 15) is 5.21 Å². The Kier molecular flexibility index (Phi) is 2.78. The van der Waals surface area contributed by atoms with E-state index in [-0.39, 0.29) is 11.1 Å². The molecule has 0 aromatic carbocycles. The predicted molar refractivity (Wildman–Crippen MR) is 66.3 cm³/mol. The summed E-state index contributed by atoms with van der Waals surface area (Å²) in [6, 6.07) is 1.64. The zero-order valence-corrected chi connectivity index (χ0v) is 10.4. The number of anilines is 1. The molecule has 0 unspecified atom stereocenters. The Balaban J connectivity index is 3.02. The average molecular weight is 249 g/mol. The maximum Gasteiger partial charge on any atom is 0.188 e. The number of nitrogens with one attached hydrogen (secondary N) is 1. The summed E-state index contributed by atoms with van der Waals surface area (Å²) < 4.78 is 11.3. The smallest absolute Gasteiger partial charge is 0.188 e. The number of aromatic nitrogens is 1. The number of ether oxygens (including phenoxy) is 2. The third-order valence-corrected chi connectivity index (χ3v) is 2.98. The van der Waals surface area contributed by atoms with Crippen LogP contribution in [-0.4, -0.2) is 24.2 Å². The minimum atomic E-state index is 0.138. The van der Waals surface area contributed by atoms with E-state index in [4.69, 9.17) is 20.6 Å². The zero-order valence-electron chi connectivity index (χ0n) is 10.4. The highest BCUT2D eigenvalue weighted by Gasteiger charge is 2.22. The summed E-state index contributed by atoms with van der Waals surface area (Å²) in [6.45, 7) is 1.70. The van der Waals surface area contributed by atoms with Crippen molar-refractivity contribution in [1.82, 2.24) is 4.73 Å². The highest BCUT2D eigenvalue weighted by molar-refractivity contribution is 5.86. The molecule has 0 amide bonds. The van der Waals surface area contributed by atoms with Gasteiger partial charge in [0.25, 0.3) is 0 Å². The lowest BCUT2D eigenvalue weighted by Gasteiger charge is -2.19. The van der Waals surface area contributed by atoms with E-state index >= 15 is 0 Å². The van der Waals surface area contributed by atoms with Gasteiger partial charge in [-0.25, -0.2) is 0 Å². The molecule has 2 rings (SSSR count). The van der Waals surface area contributed by atoms with E-state index in [0.29, 0.717) is 28.3 Å². The van der Waals surface area contributed by atoms with Crippen molar-refractivity contribution in [3.63, 3.8) is 0 Å². The van der Waals surface area contributed by atoms with Crippen LogP contribution >= 0.6 is 0 Å². The van der Waals surface area contributed by atoms with Gasteiger partial charge in [-0.05, 0) is 13.0 Å². The Labute approximate surface area is 104 Å². The number of nitrogen functional groups attached to an aromatic ring is 1. The van der Waals surface area contributed by atoms with Crippen LogP contribution in [0, 0.1) is 12.3 Å². The van der Waals surface area contributed by atoms with Crippen molar-refractivity contribution in [3.05, 3.63) is 23.3 Å². The van der Waals surface area contributed by atoms with Crippen LogP contribution < -0.4 is 20.6 Å². The minimum absolute atomic E-state index is 0.138. The maximum absolute atomic E-state index is 9.64. The molecule has 0 fully saturated rings. The Hall–Kier alpha value is -2.37. The largest absolute Gasteiger partial charge is 0.491 e. The fourth-order valence-corrected chi connectivity index (χ4v) is 2.06. The number of nitrogens with two attached hydrogens (primary N) is 1. The van der Waals surface area contributed by atoms with E-state index in [0.717, 1.165) is 4.73 Å². The van der Waals surface area contributed by atoms with E-state index in [1.54, 1.807) is 13.0 Å². The Morgan fingerprint density at radius 3 is 2.44 bits per heavy atom. The molecule has 1 heterocycles. The van der Waals surface area contributed by atoms with Crippen LogP contribution in [0.2, 0.25) is 0 Å². The van der Waals surface area contributed by atoms with Crippen molar-refractivity contribution in [1.29, 1.82) is 5.41 Å². The van der Waals surface area contributed by atoms with Gasteiger partial charge in [-0.2, -0.15) is 4.73 Å². The lowest BCUT2D eigenvalue weighted by atomic mass is 9.98. The molecule has 0 aromatic rings. The summed E-state index contributed by atoms with van der Waals surface area (Å²) in [5, 5.41) is 17.9. The predicted octanol–water partition coefficient (Wildman–Crippen LogP) is 1.22. The molecule has 18 heavy (non-hydrogen) atoms. The number of fused-ring (bicyclic) bond motifs is 1. The molecular weight excluding hydrogens is 234 g/mol. The molecule has 0 atom stereocenters. The average Bonchev–Trinajstić information content (AvgIpc) is 2.36. The molecule has 1 aliphatic carbocycles. The third-order valence-electron chi connectivity index (χ3n) is 2.98. The van der Waals surface area contributed by atoms with Gasteiger partial charge in [0.15, 0.2) is 11.5 Å². The van der Waals surface area contributed by atoms with E-state index in [1.807, 2.05) is 0 Å². The first-order valence-corrected chi connectivity index (χ1v) is 5.32. The molecule has 4 N–H and O–H groups in total. The number of hydrogen-bond donors (Lipinski definition) is 3. The number of nitrogens with zero attached hydrogens (tertiary/aromatic N) is 1. The first-order chi connectivity index (χ1) is 8.52. The van der Waals surface area contributed by atoms with E-state index in [2.05, 4.69) is 0 Å². The monoisotopic (exact) mass is 249 g/mol. The molecule has 1 aliphatic heterocycles. The summed E-state index contributed by atoms with van der Waals surface area (Å²) in [5.41, 5.74) is 8.12. The first kappa shape index (κ1) is 12.1. The van der Waals surface area contributed by atoms with Gasteiger partial charge in [-0.3, -0.25) is 5.41 Å². The normalized spacial score (nSPS) is 10.6. The summed E-state index contributed by atoms with van der Waals surface area (Å²) >= 11 is 0. The highest BCUT2D eigenvalue weighted by Crippen LogP contribution is 2.40. The van der Waals surface area contributed by atoms with Crippen LogP contribution in [0.4, 0.5) is 5.69 Å². The van der Waals surface area contributed by atoms with Crippen molar-refractivity contribution in [2.24, 2.45) is 0 Å². The molecule has 0 bridgehead atoms. The van der Waals surface area contributed by atoms with Crippen LogP contribution in [0.5, 0.6) is 11.5 Å². The van der Waals surface area contributed by atoms with Gasteiger partial charge in [-0.15, -0.1) is 0 Å². The molecule has 6 heteroatoms. The highest BCUT2D eigenvalue weighted by atomic mass is 16.5. The van der Waals surface area contributed by atoms with Gasteiger partial charge in [0.2, 0.25) is 0 Å². The van der Waals surface area contributed by atoms with Crippen LogP contribution in [0.1, 0.15) is 5.69 Å². The maximum atomic E-state index is 9.64. The fraction of sp³-hybridized carbons (Fsp3) is 0.250. The van der Waals surface area contributed by atoms with Crippen molar-refractivity contribution >= 4 is 5.69 Å². The topological polar surface area (TPSA) is 93.5 Å². The zero-order chi connectivity index (χ0) is 13.4. The molecule has 6 nitrogen and oxygen atoms in total. The Bertz CT molecular complexity index is 634. The summed E-state index contributed by atoms with van der Waals surface area (Å²) in [4.78, 5) is 0. The number of rotatable bonds is 2. The second-order valence-electron chi connectivity index (χ2n) is 3.89. The quantitative estimate of drug-likeness (QED) is 0.551. The minimum Gasteiger partial charge on any atom is -0.491 e. The van der Waals surface area contributed by atoms with E-state index in [1.165, 1.54) is 20.4 Å². The summed E-state index contributed by atoms with van der Waals surface area (Å²) in [5.74, 6) is 0.599. The van der Waals surface area contributed by atoms with E-state index < -0.39 is 0 Å². The van der Waals surface area contributed by atoms with Gasteiger partial charge in [0.05, 0.1) is 25.6 Å². The fourth-order valence-electron chi connectivity index (χ4n) is 2.06. The van der Waals surface area contributed by atoms with Gasteiger partial charge in [0.1, 0.15) is 5.36 Å². The molecule has 0 saturated heterocycles.